The Labute approximate surface area is 116 Å². The quantitative estimate of drug-likeness (QED) is 0.883. The molecule has 1 heterocycles. The standard InChI is InChI=1S/C16H25NO2/c1-16(2,17-10-12-19-13-11-17)15(18)9-8-14-6-4-3-5-7-14/h3-7,15,18H,8-13H2,1-2H3. The van der Waals surface area contributed by atoms with Crippen molar-refractivity contribution in [1.82, 2.24) is 4.90 Å². The van der Waals surface area contributed by atoms with Crippen LogP contribution in [0.15, 0.2) is 30.3 Å². The predicted octanol–water partition coefficient (Wildman–Crippen LogP) is 2.09. The summed E-state index contributed by atoms with van der Waals surface area (Å²) in [5.41, 5.74) is 1.11. The Morgan fingerprint density at radius 1 is 1.21 bits per heavy atom. The van der Waals surface area contributed by atoms with Crippen molar-refractivity contribution in [2.75, 3.05) is 26.3 Å². The molecule has 0 aliphatic carbocycles. The second-order valence-corrected chi connectivity index (χ2v) is 5.79. The summed E-state index contributed by atoms with van der Waals surface area (Å²) in [6.45, 7) is 7.64. The number of aryl methyl sites for hydroxylation is 1. The summed E-state index contributed by atoms with van der Waals surface area (Å²) in [7, 11) is 0. The summed E-state index contributed by atoms with van der Waals surface area (Å²) >= 11 is 0. The van der Waals surface area contributed by atoms with E-state index in [1.165, 1.54) is 5.56 Å². The number of aliphatic hydroxyl groups is 1. The van der Waals surface area contributed by atoms with Crippen molar-refractivity contribution in [3.63, 3.8) is 0 Å². The predicted molar refractivity (Wildman–Crippen MR) is 77.2 cm³/mol. The minimum absolute atomic E-state index is 0.182. The molecular formula is C16H25NO2. The van der Waals surface area contributed by atoms with Crippen LogP contribution in [0.2, 0.25) is 0 Å². The van der Waals surface area contributed by atoms with E-state index in [4.69, 9.17) is 4.74 Å². The number of hydrogen-bond donors (Lipinski definition) is 1. The summed E-state index contributed by atoms with van der Waals surface area (Å²) in [6, 6.07) is 10.4. The van der Waals surface area contributed by atoms with E-state index < -0.39 is 0 Å². The molecule has 0 saturated carbocycles. The summed E-state index contributed by atoms with van der Waals surface area (Å²) in [6.07, 6.45) is 1.41. The third kappa shape index (κ3) is 3.78. The molecule has 1 N–H and O–H groups in total. The highest BCUT2D eigenvalue weighted by Gasteiger charge is 2.34. The molecule has 1 aliphatic rings. The largest absolute Gasteiger partial charge is 0.391 e. The fraction of sp³-hybridized carbons (Fsp3) is 0.625. The molecule has 1 atom stereocenters. The zero-order valence-electron chi connectivity index (χ0n) is 12.0. The molecule has 1 aromatic rings. The zero-order valence-corrected chi connectivity index (χ0v) is 12.0. The Bertz CT molecular complexity index is 372. The highest BCUT2D eigenvalue weighted by molar-refractivity contribution is 5.15. The van der Waals surface area contributed by atoms with Crippen molar-refractivity contribution in [3.8, 4) is 0 Å². The SMILES string of the molecule is CC(C)(C(O)CCc1ccccc1)N1CCOCC1. The van der Waals surface area contributed by atoms with Crippen LogP contribution in [0.4, 0.5) is 0 Å². The van der Waals surface area contributed by atoms with Gasteiger partial charge in [-0.05, 0) is 32.3 Å². The lowest BCUT2D eigenvalue weighted by atomic mass is 9.90. The van der Waals surface area contributed by atoms with E-state index in [-0.39, 0.29) is 11.6 Å². The van der Waals surface area contributed by atoms with Crippen molar-refractivity contribution < 1.29 is 9.84 Å². The van der Waals surface area contributed by atoms with Crippen LogP contribution in [0.25, 0.3) is 0 Å². The number of nitrogens with zero attached hydrogens (tertiary/aromatic N) is 1. The van der Waals surface area contributed by atoms with Crippen molar-refractivity contribution >= 4 is 0 Å². The van der Waals surface area contributed by atoms with Crippen molar-refractivity contribution in [2.24, 2.45) is 0 Å². The first-order valence-electron chi connectivity index (χ1n) is 7.15. The van der Waals surface area contributed by atoms with Gasteiger partial charge in [-0.3, -0.25) is 4.90 Å². The Balaban J connectivity index is 1.88. The molecule has 3 heteroatoms. The zero-order chi connectivity index (χ0) is 13.7. The second kappa shape index (κ2) is 6.51. The number of aliphatic hydroxyl groups excluding tert-OH is 1. The number of hydrogen-bond acceptors (Lipinski definition) is 3. The smallest absolute Gasteiger partial charge is 0.0721 e. The van der Waals surface area contributed by atoms with E-state index in [0.29, 0.717) is 0 Å². The van der Waals surface area contributed by atoms with Crippen molar-refractivity contribution in [3.05, 3.63) is 35.9 Å². The molecule has 106 valence electrons. The van der Waals surface area contributed by atoms with Gasteiger partial charge in [-0.1, -0.05) is 30.3 Å². The van der Waals surface area contributed by atoms with Crippen molar-refractivity contribution in [2.45, 2.75) is 38.3 Å². The first kappa shape index (κ1) is 14.5. The molecule has 1 unspecified atom stereocenters. The molecule has 0 aromatic heterocycles. The lowest BCUT2D eigenvalue weighted by Crippen LogP contribution is -2.56. The molecule has 1 fully saturated rings. The van der Waals surface area contributed by atoms with E-state index in [9.17, 15) is 5.11 Å². The van der Waals surface area contributed by atoms with Crippen LogP contribution in [0, 0.1) is 0 Å². The minimum atomic E-state index is -0.314. The van der Waals surface area contributed by atoms with Crippen LogP contribution in [-0.2, 0) is 11.2 Å². The highest BCUT2D eigenvalue weighted by atomic mass is 16.5. The molecule has 2 rings (SSSR count). The van der Waals surface area contributed by atoms with Gasteiger partial charge in [0.15, 0.2) is 0 Å². The van der Waals surface area contributed by atoms with Crippen LogP contribution >= 0.6 is 0 Å². The third-order valence-electron chi connectivity index (χ3n) is 4.19. The molecule has 1 saturated heterocycles. The normalized spacial score (nSPS) is 19.3. The molecule has 19 heavy (non-hydrogen) atoms. The fourth-order valence-electron chi connectivity index (χ4n) is 2.65. The van der Waals surface area contributed by atoms with Crippen LogP contribution in [0.5, 0.6) is 0 Å². The molecule has 1 aliphatic heterocycles. The number of ether oxygens (including phenoxy) is 1. The van der Waals surface area contributed by atoms with Gasteiger partial charge in [0.25, 0.3) is 0 Å². The second-order valence-electron chi connectivity index (χ2n) is 5.79. The van der Waals surface area contributed by atoms with E-state index in [2.05, 4.69) is 43.0 Å². The van der Waals surface area contributed by atoms with Gasteiger partial charge < -0.3 is 9.84 Å². The molecule has 0 amide bonds. The van der Waals surface area contributed by atoms with Crippen LogP contribution in [-0.4, -0.2) is 48.0 Å². The third-order valence-corrected chi connectivity index (χ3v) is 4.19. The average Bonchev–Trinajstić information content (AvgIpc) is 2.46. The van der Waals surface area contributed by atoms with Gasteiger partial charge >= 0.3 is 0 Å². The lowest BCUT2D eigenvalue weighted by molar-refractivity contribution is -0.0636. The van der Waals surface area contributed by atoms with E-state index in [0.717, 1.165) is 39.1 Å². The summed E-state index contributed by atoms with van der Waals surface area (Å²) in [5.74, 6) is 0. The highest BCUT2D eigenvalue weighted by Crippen LogP contribution is 2.23. The molecule has 0 bridgehead atoms. The molecular weight excluding hydrogens is 238 g/mol. The number of morpholine rings is 1. The molecule has 3 nitrogen and oxygen atoms in total. The van der Waals surface area contributed by atoms with Gasteiger partial charge in [0.2, 0.25) is 0 Å². The van der Waals surface area contributed by atoms with Gasteiger partial charge in [0.1, 0.15) is 0 Å². The average molecular weight is 263 g/mol. The maximum absolute atomic E-state index is 10.5. The Morgan fingerprint density at radius 3 is 2.47 bits per heavy atom. The molecule has 1 aromatic carbocycles. The summed E-state index contributed by atoms with van der Waals surface area (Å²) < 4.78 is 5.38. The Morgan fingerprint density at radius 2 is 1.84 bits per heavy atom. The van der Waals surface area contributed by atoms with Gasteiger partial charge in [-0.2, -0.15) is 0 Å². The van der Waals surface area contributed by atoms with E-state index in [1.807, 2.05) is 6.07 Å². The van der Waals surface area contributed by atoms with Crippen LogP contribution < -0.4 is 0 Å². The number of benzene rings is 1. The maximum atomic E-state index is 10.5. The topological polar surface area (TPSA) is 32.7 Å². The molecule has 0 radical (unpaired) electrons. The maximum Gasteiger partial charge on any atom is 0.0721 e. The first-order chi connectivity index (χ1) is 9.10. The van der Waals surface area contributed by atoms with E-state index in [1.54, 1.807) is 0 Å². The number of rotatable bonds is 5. The van der Waals surface area contributed by atoms with Crippen molar-refractivity contribution in [1.29, 1.82) is 0 Å². The van der Waals surface area contributed by atoms with Gasteiger partial charge in [-0.15, -0.1) is 0 Å². The first-order valence-corrected chi connectivity index (χ1v) is 7.15. The van der Waals surface area contributed by atoms with Crippen LogP contribution in [0.1, 0.15) is 25.8 Å². The van der Waals surface area contributed by atoms with Gasteiger partial charge in [-0.25, -0.2) is 0 Å². The monoisotopic (exact) mass is 263 g/mol. The van der Waals surface area contributed by atoms with Gasteiger partial charge in [0, 0.05) is 18.6 Å². The fourth-order valence-corrected chi connectivity index (χ4v) is 2.65. The van der Waals surface area contributed by atoms with Gasteiger partial charge in [0.05, 0.1) is 19.3 Å². The lowest BCUT2D eigenvalue weighted by Gasteiger charge is -2.43. The Kier molecular flexibility index (Phi) is 4.97. The molecule has 0 spiro atoms. The minimum Gasteiger partial charge on any atom is -0.391 e. The van der Waals surface area contributed by atoms with E-state index >= 15 is 0 Å². The van der Waals surface area contributed by atoms with Crippen LogP contribution in [0.3, 0.4) is 0 Å². The Hall–Kier alpha value is -0.900. The summed E-state index contributed by atoms with van der Waals surface area (Å²) in [4.78, 5) is 2.34. The summed E-state index contributed by atoms with van der Waals surface area (Å²) in [5, 5.41) is 10.5.